The van der Waals surface area contributed by atoms with Crippen LogP contribution in [0.15, 0.2) is 0 Å². The molecule has 0 spiro atoms. The van der Waals surface area contributed by atoms with Crippen molar-refractivity contribution >= 4 is 11.1 Å². The van der Waals surface area contributed by atoms with E-state index in [1.807, 2.05) is 13.8 Å². The fraction of sp³-hybridized carbons (Fsp3) is 1.00. The van der Waals surface area contributed by atoms with Gasteiger partial charge in [-0.15, -0.1) is 0 Å². The van der Waals surface area contributed by atoms with Crippen LogP contribution in [0.5, 0.6) is 0 Å². The molecule has 2 atom stereocenters. The first-order chi connectivity index (χ1) is 6.04. The molecule has 1 aliphatic heterocycles. The molecule has 2 unspecified atom stereocenters. The van der Waals surface area contributed by atoms with Gasteiger partial charge in [0, 0.05) is 6.54 Å². The van der Waals surface area contributed by atoms with Crippen LogP contribution < -0.4 is 5.32 Å². The van der Waals surface area contributed by atoms with Gasteiger partial charge in [0.05, 0.1) is 17.5 Å². The van der Waals surface area contributed by atoms with E-state index in [2.05, 4.69) is 5.32 Å². The topological polar surface area (TPSA) is 58.6 Å². The van der Waals surface area contributed by atoms with Crippen molar-refractivity contribution < 1.29 is 13.5 Å². The first kappa shape index (κ1) is 11.1. The molecule has 0 aromatic carbocycles. The lowest BCUT2D eigenvalue weighted by atomic mass is 10.1. The van der Waals surface area contributed by atoms with Gasteiger partial charge in [0.15, 0.2) is 11.1 Å². The zero-order valence-corrected chi connectivity index (χ0v) is 8.89. The highest BCUT2D eigenvalue weighted by molar-refractivity contribution is 7.79. The van der Waals surface area contributed by atoms with Crippen molar-refractivity contribution in [3.63, 3.8) is 0 Å². The molecule has 0 bridgehead atoms. The minimum absolute atomic E-state index is 0.100. The molecule has 78 valence electrons. The van der Waals surface area contributed by atoms with E-state index in [0.29, 0.717) is 6.54 Å². The highest BCUT2D eigenvalue weighted by Crippen LogP contribution is 2.22. The summed E-state index contributed by atoms with van der Waals surface area (Å²) in [6, 6.07) is 0. The van der Waals surface area contributed by atoms with Crippen LogP contribution in [0.4, 0.5) is 0 Å². The van der Waals surface area contributed by atoms with E-state index in [1.165, 1.54) is 0 Å². The maximum Gasteiger partial charge on any atom is 0.155 e. The Bertz CT molecular complexity index is 190. The van der Waals surface area contributed by atoms with Crippen molar-refractivity contribution in [3.05, 3.63) is 0 Å². The average molecular weight is 207 g/mol. The highest BCUT2D eigenvalue weighted by Gasteiger charge is 2.37. The Morgan fingerprint density at radius 3 is 2.77 bits per heavy atom. The van der Waals surface area contributed by atoms with Gasteiger partial charge in [-0.25, -0.2) is 4.21 Å². The Balaban J connectivity index is 2.57. The van der Waals surface area contributed by atoms with Crippen molar-refractivity contribution in [1.29, 1.82) is 0 Å². The number of hydrogen-bond donors (Lipinski definition) is 2. The predicted molar refractivity (Wildman–Crippen MR) is 52.1 cm³/mol. The second kappa shape index (κ2) is 4.50. The third kappa shape index (κ3) is 3.34. The zero-order chi connectivity index (χ0) is 9.90. The Kier molecular flexibility index (Phi) is 3.85. The SMILES string of the molecule is CC(C)OC1(CS(=O)O)CCNC1. The van der Waals surface area contributed by atoms with Crippen molar-refractivity contribution in [2.75, 3.05) is 18.8 Å². The number of nitrogens with one attached hydrogen (secondary N) is 1. The van der Waals surface area contributed by atoms with E-state index in [0.717, 1.165) is 13.0 Å². The normalized spacial score (nSPS) is 31.1. The lowest BCUT2D eigenvalue weighted by Crippen LogP contribution is -2.42. The molecule has 0 saturated carbocycles. The van der Waals surface area contributed by atoms with Crippen molar-refractivity contribution in [2.24, 2.45) is 0 Å². The minimum atomic E-state index is -1.78. The lowest BCUT2D eigenvalue weighted by Gasteiger charge is -2.29. The van der Waals surface area contributed by atoms with Gasteiger partial charge < -0.3 is 14.6 Å². The third-order valence-corrected chi connectivity index (χ3v) is 2.85. The Labute approximate surface area is 81.3 Å². The van der Waals surface area contributed by atoms with Crippen LogP contribution in [-0.4, -0.2) is 39.3 Å². The summed E-state index contributed by atoms with van der Waals surface area (Å²) in [6.07, 6.45) is 0.917. The summed E-state index contributed by atoms with van der Waals surface area (Å²) in [5, 5.41) is 3.15. The van der Waals surface area contributed by atoms with Gasteiger partial charge in [0.1, 0.15) is 0 Å². The molecule has 0 aromatic rings. The molecule has 4 nitrogen and oxygen atoms in total. The van der Waals surface area contributed by atoms with Crippen LogP contribution in [0, 0.1) is 0 Å². The smallest absolute Gasteiger partial charge is 0.155 e. The summed E-state index contributed by atoms with van der Waals surface area (Å²) in [5.74, 6) is 0.207. The molecule has 5 heteroatoms. The van der Waals surface area contributed by atoms with Crippen LogP contribution in [-0.2, 0) is 15.8 Å². The van der Waals surface area contributed by atoms with Crippen LogP contribution >= 0.6 is 0 Å². The van der Waals surface area contributed by atoms with Gasteiger partial charge in [-0.2, -0.15) is 0 Å². The van der Waals surface area contributed by atoms with E-state index in [-0.39, 0.29) is 11.9 Å². The Morgan fingerprint density at radius 1 is 1.69 bits per heavy atom. The highest BCUT2D eigenvalue weighted by atomic mass is 32.2. The molecule has 0 radical (unpaired) electrons. The van der Waals surface area contributed by atoms with Crippen molar-refractivity contribution in [3.8, 4) is 0 Å². The molecular formula is C8H17NO3S. The first-order valence-corrected chi connectivity index (χ1v) is 5.78. The van der Waals surface area contributed by atoms with Gasteiger partial charge in [-0.05, 0) is 26.8 Å². The second-order valence-electron chi connectivity index (χ2n) is 3.74. The first-order valence-electron chi connectivity index (χ1n) is 4.50. The van der Waals surface area contributed by atoms with Gasteiger partial charge in [0.25, 0.3) is 0 Å². The van der Waals surface area contributed by atoms with E-state index < -0.39 is 16.7 Å². The summed E-state index contributed by atoms with van der Waals surface area (Å²) in [5.41, 5.74) is -0.423. The van der Waals surface area contributed by atoms with Crippen LogP contribution in [0.25, 0.3) is 0 Å². The third-order valence-electron chi connectivity index (χ3n) is 2.08. The summed E-state index contributed by atoms with van der Waals surface area (Å²) < 4.78 is 25.3. The molecule has 2 N–H and O–H groups in total. The van der Waals surface area contributed by atoms with Crippen LogP contribution in [0.1, 0.15) is 20.3 Å². The molecule has 1 fully saturated rings. The molecule has 13 heavy (non-hydrogen) atoms. The molecular weight excluding hydrogens is 190 g/mol. The zero-order valence-electron chi connectivity index (χ0n) is 8.08. The quantitative estimate of drug-likeness (QED) is 0.654. The minimum Gasteiger partial charge on any atom is -0.370 e. The van der Waals surface area contributed by atoms with E-state index in [9.17, 15) is 4.21 Å². The van der Waals surface area contributed by atoms with E-state index in [1.54, 1.807) is 0 Å². The monoisotopic (exact) mass is 207 g/mol. The predicted octanol–water partition coefficient (Wildman–Crippen LogP) is 0.365. The number of ether oxygens (including phenoxy) is 1. The fourth-order valence-electron chi connectivity index (χ4n) is 1.70. The fourth-order valence-corrected chi connectivity index (χ4v) is 2.47. The molecule has 0 amide bonds. The lowest BCUT2D eigenvalue weighted by molar-refractivity contribution is -0.0516. The van der Waals surface area contributed by atoms with Gasteiger partial charge in [0.2, 0.25) is 0 Å². The van der Waals surface area contributed by atoms with E-state index >= 15 is 0 Å². The number of hydrogen-bond acceptors (Lipinski definition) is 3. The van der Waals surface area contributed by atoms with Crippen molar-refractivity contribution in [1.82, 2.24) is 5.32 Å². The van der Waals surface area contributed by atoms with E-state index in [4.69, 9.17) is 9.29 Å². The van der Waals surface area contributed by atoms with Crippen LogP contribution in [0.2, 0.25) is 0 Å². The Morgan fingerprint density at radius 2 is 2.38 bits per heavy atom. The Hall–Kier alpha value is 0.0300. The molecule has 0 aliphatic carbocycles. The van der Waals surface area contributed by atoms with Gasteiger partial charge >= 0.3 is 0 Å². The molecule has 0 aromatic heterocycles. The number of rotatable bonds is 4. The van der Waals surface area contributed by atoms with Crippen molar-refractivity contribution in [2.45, 2.75) is 32.0 Å². The molecule has 1 heterocycles. The largest absolute Gasteiger partial charge is 0.370 e. The maximum absolute atomic E-state index is 10.7. The summed E-state index contributed by atoms with van der Waals surface area (Å²) in [6.45, 7) is 5.43. The summed E-state index contributed by atoms with van der Waals surface area (Å²) in [7, 11) is 0. The summed E-state index contributed by atoms with van der Waals surface area (Å²) >= 11 is -1.78. The standard InChI is InChI=1S/C8H17NO3S/c1-7(2)12-8(6-13(10)11)3-4-9-5-8/h7,9H,3-6H2,1-2H3,(H,10,11). The maximum atomic E-state index is 10.7. The average Bonchev–Trinajstić information content (AvgIpc) is 2.33. The second-order valence-corrected chi connectivity index (χ2v) is 4.67. The molecule has 1 rings (SSSR count). The van der Waals surface area contributed by atoms with Crippen LogP contribution in [0.3, 0.4) is 0 Å². The molecule has 1 saturated heterocycles. The molecule has 1 aliphatic rings. The van der Waals surface area contributed by atoms with Gasteiger partial charge in [-0.1, -0.05) is 0 Å². The summed E-state index contributed by atoms with van der Waals surface area (Å²) in [4.78, 5) is 0. The van der Waals surface area contributed by atoms with Gasteiger partial charge in [-0.3, -0.25) is 0 Å².